The van der Waals surface area contributed by atoms with E-state index in [0.717, 1.165) is 0 Å². The summed E-state index contributed by atoms with van der Waals surface area (Å²) in [6, 6.07) is 0. The Morgan fingerprint density at radius 2 is 2.00 bits per heavy atom. The summed E-state index contributed by atoms with van der Waals surface area (Å²) in [6.07, 6.45) is 0. The van der Waals surface area contributed by atoms with Gasteiger partial charge >= 0.3 is 5.97 Å². The maximum absolute atomic E-state index is 10.8. The first-order chi connectivity index (χ1) is 6.57. The monoisotopic (exact) mass is 264 g/mol. The van der Waals surface area contributed by atoms with E-state index >= 15 is 0 Å². The number of halogens is 1. The second kappa shape index (κ2) is 7.70. The van der Waals surface area contributed by atoms with E-state index in [1.807, 2.05) is 0 Å². The zero-order valence-electron chi connectivity index (χ0n) is 8.05. The Labute approximate surface area is 91.4 Å². The Kier molecular flexibility index (Phi) is 7.32. The molecular weight excluding hydrogens is 252 g/mol. The lowest BCUT2D eigenvalue weighted by Crippen LogP contribution is -2.15. The van der Waals surface area contributed by atoms with Crippen molar-refractivity contribution >= 4 is 27.7 Å². The summed E-state index contributed by atoms with van der Waals surface area (Å²) < 4.78 is 9.66. The van der Waals surface area contributed by atoms with Crippen LogP contribution in [-0.2, 0) is 19.1 Å². The topological polar surface area (TPSA) is 52.6 Å². The van der Waals surface area contributed by atoms with Crippen molar-refractivity contribution in [3.05, 3.63) is 12.2 Å². The van der Waals surface area contributed by atoms with Gasteiger partial charge in [0.2, 0.25) is 0 Å². The molecule has 0 aliphatic rings. The molecule has 0 aliphatic carbocycles. The van der Waals surface area contributed by atoms with Crippen LogP contribution in [0.25, 0.3) is 0 Å². The van der Waals surface area contributed by atoms with Crippen LogP contribution in [0.1, 0.15) is 6.92 Å². The van der Waals surface area contributed by atoms with Crippen LogP contribution in [0.2, 0.25) is 0 Å². The van der Waals surface area contributed by atoms with Crippen LogP contribution >= 0.6 is 15.9 Å². The Morgan fingerprint density at radius 3 is 2.50 bits per heavy atom. The van der Waals surface area contributed by atoms with Gasteiger partial charge in [0.25, 0.3) is 0 Å². The van der Waals surface area contributed by atoms with E-state index in [4.69, 9.17) is 9.47 Å². The summed E-state index contributed by atoms with van der Waals surface area (Å²) in [4.78, 5) is 21.6. The largest absolute Gasteiger partial charge is 0.460 e. The van der Waals surface area contributed by atoms with Gasteiger partial charge in [0.1, 0.15) is 13.2 Å². The lowest BCUT2D eigenvalue weighted by molar-refractivity contribution is -0.140. The first-order valence-corrected chi connectivity index (χ1v) is 5.18. The SMILES string of the molecule is C=C(C)C(=O)OCCOCC(=O)CBr. The second-order valence-corrected chi connectivity index (χ2v) is 3.20. The van der Waals surface area contributed by atoms with Crippen LogP contribution < -0.4 is 0 Å². The van der Waals surface area contributed by atoms with Crippen LogP contribution in [0.3, 0.4) is 0 Å². The lowest BCUT2D eigenvalue weighted by atomic mass is 10.4. The molecule has 4 nitrogen and oxygen atoms in total. The van der Waals surface area contributed by atoms with Gasteiger partial charge in [0.05, 0.1) is 11.9 Å². The Bertz CT molecular complexity index is 225. The van der Waals surface area contributed by atoms with E-state index in [1.165, 1.54) is 0 Å². The molecule has 0 aromatic carbocycles. The van der Waals surface area contributed by atoms with Gasteiger partial charge in [-0.1, -0.05) is 22.5 Å². The maximum atomic E-state index is 10.8. The van der Waals surface area contributed by atoms with Gasteiger partial charge in [-0.3, -0.25) is 4.79 Å². The van der Waals surface area contributed by atoms with Gasteiger partial charge in [-0.25, -0.2) is 4.79 Å². The predicted molar refractivity (Wildman–Crippen MR) is 55.4 cm³/mol. The fraction of sp³-hybridized carbons (Fsp3) is 0.556. The molecule has 0 atom stereocenters. The average Bonchev–Trinajstić information content (AvgIpc) is 2.16. The fourth-order valence-corrected chi connectivity index (χ4v) is 0.703. The summed E-state index contributed by atoms with van der Waals surface area (Å²) >= 11 is 3.00. The second-order valence-electron chi connectivity index (χ2n) is 2.64. The molecule has 0 unspecified atom stereocenters. The number of hydrogen-bond acceptors (Lipinski definition) is 4. The molecule has 0 aliphatic heterocycles. The van der Waals surface area contributed by atoms with Gasteiger partial charge in [-0.15, -0.1) is 0 Å². The molecule has 0 saturated heterocycles. The minimum absolute atomic E-state index is 0.0376. The van der Waals surface area contributed by atoms with Crippen LogP contribution in [0.15, 0.2) is 12.2 Å². The molecule has 0 fully saturated rings. The summed E-state index contributed by atoms with van der Waals surface area (Å²) in [6.45, 7) is 5.38. The quantitative estimate of drug-likeness (QED) is 0.299. The third-order valence-electron chi connectivity index (χ3n) is 1.22. The number of Topliss-reactive ketones (excluding diaryl/α,β-unsaturated/α-hetero) is 1. The van der Waals surface area contributed by atoms with Crippen molar-refractivity contribution in [1.82, 2.24) is 0 Å². The smallest absolute Gasteiger partial charge is 0.333 e. The molecule has 0 aromatic heterocycles. The highest BCUT2D eigenvalue weighted by Crippen LogP contribution is 1.92. The summed E-state index contributed by atoms with van der Waals surface area (Å²) in [5.41, 5.74) is 0.349. The number of rotatable bonds is 7. The molecule has 0 heterocycles. The van der Waals surface area contributed by atoms with Gasteiger partial charge in [-0.2, -0.15) is 0 Å². The van der Waals surface area contributed by atoms with Crippen molar-refractivity contribution in [3.63, 3.8) is 0 Å². The summed E-state index contributed by atoms with van der Waals surface area (Å²) in [5, 5.41) is 0.276. The standard InChI is InChI=1S/C9H13BrO4/c1-7(2)9(12)14-4-3-13-6-8(11)5-10/h1,3-6H2,2H3. The van der Waals surface area contributed by atoms with Crippen molar-refractivity contribution in [1.29, 1.82) is 0 Å². The molecule has 0 aromatic rings. The summed E-state index contributed by atoms with van der Waals surface area (Å²) in [5.74, 6) is -0.489. The molecule has 5 heteroatoms. The van der Waals surface area contributed by atoms with E-state index in [9.17, 15) is 9.59 Å². The van der Waals surface area contributed by atoms with Crippen molar-refractivity contribution in [2.45, 2.75) is 6.92 Å². The molecule has 0 bridgehead atoms. The molecule has 14 heavy (non-hydrogen) atoms. The van der Waals surface area contributed by atoms with Crippen molar-refractivity contribution in [2.24, 2.45) is 0 Å². The minimum Gasteiger partial charge on any atom is -0.460 e. The highest BCUT2D eigenvalue weighted by Gasteiger charge is 2.03. The fourth-order valence-electron chi connectivity index (χ4n) is 0.541. The number of ether oxygens (including phenoxy) is 2. The molecule has 0 radical (unpaired) electrons. The lowest BCUT2D eigenvalue weighted by Gasteiger charge is -2.04. The minimum atomic E-state index is -0.444. The predicted octanol–water partition coefficient (Wildman–Crippen LogP) is 1.09. The van der Waals surface area contributed by atoms with Crippen LogP contribution in [-0.4, -0.2) is 36.9 Å². The number of carbonyl (C=O) groups excluding carboxylic acids is 2. The van der Waals surface area contributed by atoms with Crippen molar-refractivity contribution < 1.29 is 19.1 Å². The van der Waals surface area contributed by atoms with Crippen LogP contribution in [0.5, 0.6) is 0 Å². The third-order valence-corrected chi connectivity index (χ3v) is 1.85. The molecule has 0 amide bonds. The highest BCUT2D eigenvalue weighted by molar-refractivity contribution is 9.09. The molecule has 0 saturated carbocycles. The third kappa shape index (κ3) is 6.80. The van der Waals surface area contributed by atoms with Crippen LogP contribution in [0, 0.1) is 0 Å². The number of carbonyl (C=O) groups is 2. The maximum Gasteiger partial charge on any atom is 0.333 e. The van der Waals surface area contributed by atoms with E-state index in [2.05, 4.69) is 22.5 Å². The van der Waals surface area contributed by atoms with E-state index < -0.39 is 5.97 Å². The first-order valence-electron chi connectivity index (χ1n) is 4.06. The molecule has 0 N–H and O–H groups in total. The van der Waals surface area contributed by atoms with Crippen molar-refractivity contribution in [2.75, 3.05) is 25.2 Å². The first kappa shape index (κ1) is 13.3. The average molecular weight is 265 g/mol. The van der Waals surface area contributed by atoms with E-state index in [1.54, 1.807) is 6.92 Å². The van der Waals surface area contributed by atoms with Gasteiger partial charge in [0, 0.05) is 5.57 Å². The molecule has 0 spiro atoms. The zero-order chi connectivity index (χ0) is 11.0. The van der Waals surface area contributed by atoms with E-state index in [0.29, 0.717) is 5.57 Å². The highest BCUT2D eigenvalue weighted by atomic mass is 79.9. The van der Waals surface area contributed by atoms with Gasteiger partial charge in [-0.05, 0) is 6.92 Å². The Hall–Kier alpha value is -0.680. The number of alkyl halides is 1. The molecular formula is C9H13BrO4. The number of ketones is 1. The molecule has 0 rings (SSSR count). The van der Waals surface area contributed by atoms with Gasteiger partial charge in [0.15, 0.2) is 5.78 Å². The zero-order valence-corrected chi connectivity index (χ0v) is 9.63. The number of hydrogen-bond donors (Lipinski definition) is 0. The summed E-state index contributed by atoms with van der Waals surface area (Å²) in [7, 11) is 0. The van der Waals surface area contributed by atoms with E-state index in [-0.39, 0.29) is 30.9 Å². The van der Waals surface area contributed by atoms with Gasteiger partial charge < -0.3 is 9.47 Å². The normalized spacial score (nSPS) is 9.57. The van der Waals surface area contributed by atoms with Crippen molar-refractivity contribution in [3.8, 4) is 0 Å². The molecule has 80 valence electrons. The van der Waals surface area contributed by atoms with Crippen LogP contribution in [0.4, 0.5) is 0 Å². The Balaban J connectivity index is 3.34. The number of esters is 1. The Morgan fingerprint density at radius 1 is 1.36 bits per heavy atom.